The SMILES string of the molecule is CCCc1c(C)nc2ccc(C)cc2c1SCC(=O)[O-]. The minimum Gasteiger partial charge on any atom is -0.549 e. The fraction of sp³-hybridized carbons (Fsp3) is 0.375. The van der Waals surface area contributed by atoms with E-state index in [9.17, 15) is 9.90 Å². The lowest BCUT2D eigenvalue weighted by Gasteiger charge is -2.15. The van der Waals surface area contributed by atoms with E-state index in [1.807, 2.05) is 26.0 Å². The average Bonchev–Trinajstić information content (AvgIpc) is 2.39. The molecular formula is C16H18NO2S-. The standard InChI is InChI=1S/C16H19NO2S/c1-4-5-12-11(3)17-14-7-6-10(2)8-13(14)16(12)20-9-15(18)19/h6-8H,4-5,9H2,1-3H3,(H,18,19)/p-1. The first-order valence-electron chi connectivity index (χ1n) is 6.75. The molecule has 0 aliphatic carbocycles. The lowest BCUT2D eigenvalue weighted by Crippen LogP contribution is -2.24. The normalized spacial score (nSPS) is 10.9. The third-order valence-electron chi connectivity index (χ3n) is 3.23. The van der Waals surface area contributed by atoms with E-state index < -0.39 is 5.97 Å². The number of carboxylic acids is 1. The van der Waals surface area contributed by atoms with Gasteiger partial charge in [-0.3, -0.25) is 4.98 Å². The molecule has 2 rings (SSSR count). The van der Waals surface area contributed by atoms with Gasteiger partial charge < -0.3 is 9.90 Å². The number of carboxylic acid groups (broad SMARTS) is 1. The van der Waals surface area contributed by atoms with Crippen LogP contribution in [0.2, 0.25) is 0 Å². The number of aromatic nitrogens is 1. The number of carbonyl (C=O) groups excluding carboxylic acids is 1. The zero-order valence-corrected chi connectivity index (χ0v) is 12.8. The summed E-state index contributed by atoms with van der Waals surface area (Å²) in [6.07, 6.45) is 1.93. The fourth-order valence-electron chi connectivity index (χ4n) is 2.34. The Morgan fingerprint density at radius 1 is 1.35 bits per heavy atom. The topological polar surface area (TPSA) is 53.0 Å². The second kappa shape index (κ2) is 6.27. The molecule has 0 spiro atoms. The van der Waals surface area contributed by atoms with Crippen molar-refractivity contribution in [1.29, 1.82) is 0 Å². The molecule has 0 N–H and O–H groups in total. The van der Waals surface area contributed by atoms with Gasteiger partial charge in [0.1, 0.15) is 0 Å². The largest absolute Gasteiger partial charge is 0.549 e. The van der Waals surface area contributed by atoms with Crippen LogP contribution in [0.5, 0.6) is 0 Å². The lowest BCUT2D eigenvalue weighted by molar-refractivity contribution is -0.301. The average molecular weight is 288 g/mol. The zero-order valence-electron chi connectivity index (χ0n) is 12.0. The highest BCUT2D eigenvalue weighted by molar-refractivity contribution is 8.00. The summed E-state index contributed by atoms with van der Waals surface area (Å²) in [5, 5.41) is 11.8. The van der Waals surface area contributed by atoms with Crippen molar-refractivity contribution >= 4 is 28.6 Å². The van der Waals surface area contributed by atoms with Gasteiger partial charge in [-0.2, -0.15) is 0 Å². The second-order valence-corrected chi connectivity index (χ2v) is 5.92. The first kappa shape index (κ1) is 14.9. The van der Waals surface area contributed by atoms with Crippen molar-refractivity contribution in [2.45, 2.75) is 38.5 Å². The number of fused-ring (bicyclic) bond motifs is 1. The Hall–Kier alpha value is -1.55. The van der Waals surface area contributed by atoms with E-state index in [1.165, 1.54) is 11.8 Å². The molecular weight excluding hydrogens is 270 g/mol. The Balaban J connectivity index is 2.63. The van der Waals surface area contributed by atoms with E-state index in [0.717, 1.165) is 45.5 Å². The Kier molecular flexibility index (Phi) is 4.65. The van der Waals surface area contributed by atoms with Crippen molar-refractivity contribution < 1.29 is 9.90 Å². The van der Waals surface area contributed by atoms with E-state index in [4.69, 9.17) is 0 Å². The van der Waals surface area contributed by atoms with E-state index >= 15 is 0 Å². The van der Waals surface area contributed by atoms with Gasteiger partial charge in [-0.15, -0.1) is 11.8 Å². The minimum atomic E-state index is -1.03. The van der Waals surface area contributed by atoms with Crippen molar-refractivity contribution in [2.75, 3.05) is 5.75 Å². The number of nitrogens with zero attached hydrogens (tertiary/aromatic N) is 1. The number of thioether (sulfide) groups is 1. The molecule has 4 heteroatoms. The molecule has 0 aliphatic rings. The quantitative estimate of drug-likeness (QED) is 0.794. The molecule has 1 aromatic carbocycles. The number of rotatable bonds is 5. The molecule has 1 aromatic heterocycles. The van der Waals surface area contributed by atoms with Gasteiger partial charge in [0.2, 0.25) is 0 Å². The van der Waals surface area contributed by atoms with Crippen LogP contribution >= 0.6 is 11.8 Å². The molecule has 0 saturated carbocycles. The summed E-state index contributed by atoms with van der Waals surface area (Å²) in [6, 6.07) is 6.11. The highest BCUT2D eigenvalue weighted by Crippen LogP contribution is 2.33. The Morgan fingerprint density at radius 3 is 2.75 bits per heavy atom. The van der Waals surface area contributed by atoms with E-state index in [-0.39, 0.29) is 5.75 Å². The minimum absolute atomic E-state index is 0.0246. The van der Waals surface area contributed by atoms with Crippen LogP contribution in [0.4, 0.5) is 0 Å². The summed E-state index contributed by atoms with van der Waals surface area (Å²) < 4.78 is 0. The van der Waals surface area contributed by atoms with Crippen LogP contribution in [0, 0.1) is 13.8 Å². The van der Waals surface area contributed by atoms with Crippen LogP contribution in [0.15, 0.2) is 23.1 Å². The Morgan fingerprint density at radius 2 is 2.10 bits per heavy atom. The molecule has 0 amide bonds. The van der Waals surface area contributed by atoms with Gasteiger partial charge in [0, 0.05) is 21.7 Å². The van der Waals surface area contributed by atoms with Gasteiger partial charge in [-0.25, -0.2) is 0 Å². The third-order valence-corrected chi connectivity index (χ3v) is 4.37. The molecule has 0 saturated heterocycles. The third kappa shape index (κ3) is 3.12. The first-order chi connectivity index (χ1) is 9.52. The van der Waals surface area contributed by atoms with E-state index in [1.54, 1.807) is 0 Å². The summed E-state index contributed by atoms with van der Waals surface area (Å²) in [7, 11) is 0. The van der Waals surface area contributed by atoms with E-state index in [0.29, 0.717) is 0 Å². The first-order valence-corrected chi connectivity index (χ1v) is 7.74. The maximum absolute atomic E-state index is 10.8. The van der Waals surface area contributed by atoms with Crippen molar-refractivity contribution in [3.63, 3.8) is 0 Å². The Labute approximate surface area is 123 Å². The summed E-state index contributed by atoms with van der Waals surface area (Å²) in [4.78, 5) is 16.5. The molecule has 0 unspecified atom stereocenters. The summed E-state index contributed by atoms with van der Waals surface area (Å²) >= 11 is 1.35. The van der Waals surface area contributed by atoms with Gasteiger partial charge in [0.25, 0.3) is 0 Å². The van der Waals surface area contributed by atoms with Gasteiger partial charge in [0.05, 0.1) is 11.5 Å². The van der Waals surface area contributed by atoms with Crippen molar-refractivity contribution in [1.82, 2.24) is 4.98 Å². The molecule has 1 heterocycles. The molecule has 3 nitrogen and oxygen atoms in total. The number of benzene rings is 1. The number of aryl methyl sites for hydroxylation is 2. The maximum atomic E-state index is 10.8. The maximum Gasteiger partial charge on any atom is 0.0716 e. The van der Waals surface area contributed by atoms with Crippen molar-refractivity contribution in [2.24, 2.45) is 0 Å². The number of carbonyl (C=O) groups is 1. The van der Waals surface area contributed by atoms with Crippen LogP contribution < -0.4 is 5.11 Å². The van der Waals surface area contributed by atoms with Gasteiger partial charge >= 0.3 is 0 Å². The van der Waals surface area contributed by atoms with Crippen LogP contribution in [0.25, 0.3) is 10.9 Å². The molecule has 2 aromatic rings. The highest BCUT2D eigenvalue weighted by atomic mass is 32.2. The van der Waals surface area contributed by atoms with Crippen LogP contribution in [-0.2, 0) is 11.2 Å². The monoisotopic (exact) mass is 288 g/mol. The van der Waals surface area contributed by atoms with E-state index in [2.05, 4.69) is 18.0 Å². The number of pyridine rings is 1. The number of hydrogen-bond donors (Lipinski definition) is 0. The molecule has 0 atom stereocenters. The van der Waals surface area contributed by atoms with Crippen LogP contribution in [0.3, 0.4) is 0 Å². The second-order valence-electron chi connectivity index (χ2n) is 4.94. The van der Waals surface area contributed by atoms with Crippen molar-refractivity contribution in [3.05, 3.63) is 35.0 Å². The zero-order chi connectivity index (χ0) is 14.7. The molecule has 106 valence electrons. The van der Waals surface area contributed by atoms with Crippen LogP contribution in [0.1, 0.15) is 30.2 Å². The predicted molar refractivity (Wildman–Crippen MR) is 80.9 cm³/mol. The number of aliphatic carboxylic acids is 1. The molecule has 20 heavy (non-hydrogen) atoms. The summed E-state index contributed by atoms with van der Waals surface area (Å²) in [5.74, 6) is -1.06. The molecule has 0 radical (unpaired) electrons. The van der Waals surface area contributed by atoms with Crippen molar-refractivity contribution in [3.8, 4) is 0 Å². The van der Waals surface area contributed by atoms with Gasteiger partial charge in [0.15, 0.2) is 0 Å². The van der Waals surface area contributed by atoms with Gasteiger partial charge in [-0.1, -0.05) is 25.0 Å². The lowest BCUT2D eigenvalue weighted by atomic mass is 10.0. The summed E-state index contributed by atoms with van der Waals surface area (Å²) in [6.45, 7) is 6.15. The summed E-state index contributed by atoms with van der Waals surface area (Å²) in [5.41, 5.74) is 4.23. The fourth-order valence-corrected chi connectivity index (χ4v) is 3.35. The smallest absolute Gasteiger partial charge is 0.0716 e. The molecule has 0 aliphatic heterocycles. The van der Waals surface area contributed by atoms with Gasteiger partial charge in [-0.05, 0) is 38.0 Å². The number of hydrogen-bond acceptors (Lipinski definition) is 4. The molecule has 0 fully saturated rings. The highest BCUT2D eigenvalue weighted by Gasteiger charge is 2.13. The predicted octanol–water partition coefficient (Wildman–Crippen LogP) is 2.65. The Bertz CT molecular complexity index is 652. The van der Waals surface area contributed by atoms with Crippen LogP contribution in [-0.4, -0.2) is 16.7 Å². The molecule has 0 bridgehead atoms.